The van der Waals surface area contributed by atoms with Gasteiger partial charge in [0.25, 0.3) is 0 Å². The normalized spacial score (nSPS) is 18.2. The number of nitrogens with zero attached hydrogens (tertiary/aromatic N) is 1. The lowest BCUT2D eigenvalue weighted by Gasteiger charge is -2.29. The van der Waals surface area contributed by atoms with Gasteiger partial charge in [0, 0.05) is 36.8 Å². The molecule has 0 bridgehead atoms. The van der Waals surface area contributed by atoms with Crippen molar-refractivity contribution in [2.24, 2.45) is 10.9 Å². The van der Waals surface area contributed by atoms with Crippen LogP contribution >= 0.6 is 24.0 Å². The van der Waals surface area contributed by atoms with E-state index in [0.29, 0.717) is 31.4 Å². The molecule has 0 aromatic heterocycles. The second-order valence-corrected chi connectivity index (χ2v) is 7.47. The minimum atomic E-state index is -0.0658. The summed E-state index contributed by atoms with van der Waals surface area (Å²) in [6.45, 7) is 5.69. The Morgan fingerprint density at radius 2 is 1.66 bits per heavy atom. The van der Waals surface area contributed by atoms with Crippen molar-refractivity contribution < 1.29 is 23.7 Å². The Bertz CT molecular complexity index is 711. The fourth-order valence-corrected chi connectivity index (χ4v) is 3.85. The highest BCUT2D eigenvalue weighted by atomic mass is 127. The van der Waals surface area contributed by atoms with E-state index in [0.717, 1.165) is 55.3 Å². The zero-order valence-corrected chi connectivity index (χ0v) is 22.2. The number of ether oxygens (including phenoxy) is 4. The molecule has 2 N–H and O–H groups in total. The van der Waals surface area contributed by atoms with Crippen LogP contribution in [0.4, 0.5) is 0 Å². The predicted molar refractivity (Wildman–Crippen MR) is 137 cm³/mol. The van der Waals surface area contributed by atoms with E-state index >= 15 is 0 Å². The van der Waals surface area contributed by atoms with Crippen LogP contribution in [0.2, 0.25) is 0 Å². The van der Waals surface area contributed by atoms with Gasteiger partial charge >= 0.3 is 5.97 Å². The summed E-state index contributed by atoms with van der Waals surface area (Å²) in [5.74, 6) is 2.88. The van der Waals surface area contributed by atoms with Gasteiger partial charge < -0.3 is 29.6 Å². The number of benzene rings is 1. The number of aliphatic imine (C=N–C) groups is 1. The summed E-state index contributed by atoms with van der Waals surface area (Å²) < 4.78 is 21.5. The Morgan fingerprint density at radius 1 is 1.03 bits per heavy atom. The molecular weight excluding hydrogens is 525 g/mol. The van der Waals surface area contributed by atoms with E-state index < -0.39 is 0 Å². The van der Waals surface area contributed by atoms with Crippen molar-refractivity contribution in [1.82, 2.24) is 10.6 Å². The summed E-state index contributed by atoms with van der Waals surface area (Å²) in [7, 11) is 4.89. The third-order valence-corrected chi connectivity index (χ3v) is 5.48. The summed E-state index contributed by atoms with van der Waals surface area (Å²) in [5.41, 5.74) is 0.959. The highest BCUT2D eigenvalue weighted by Gasteiger charge is 2.27. The molecule has 0 unspecified atom stereocenters. The van der Waals surface area contributed by atoms with Crippen LogP contribution in [0.3, 0.4) is 0 Å². The van der Waals surface area contributed by atoms with Crippen LogP contribution in [0, 0.1) is 5.92 Å². The van der Waals surface area contributed by atoms with E-state index in [2.05, 4.69) is 10.6 Å². The Kier molecular flexibility index (Phi) is 13.2. The molecule has 0 saturated heterocycles. The molecule has 0 spiro atoms. The fourth-order valence-electron chi connectivity index (χ4n) is 3.85. The summed E-state index contributed by atoms with van der Waals surface area (Å²) in [5, 5.41) is 6.83. The van der Waals surface area contributed by atoms with E-state index in [1.54, 1.807) is 21.3 Å². The summed E-state index contributed by atoms with van der Waals surface area (Å²) in [6.07, 6.45) is 4.21. The molecule has 0 amide bonds. The molecule has 0 radical (unpaired) electrons. The van der Waals surface area contributed by atoms with Crippen molar-refractivity contribution >= 4 is 35.9 Å². The Hall–Kier alpha value is -1.91. The minimum Gasteiger partial charge on any atom is -0.496 e. The van der Waals surface area contributed by atoms with Gasteiger partial charge in [-0.25, -0.2) is 0 Å². The average molecular weight is 563 g/mol. The standard InChI is InChI=1S/C23H37N3O5.HI/c1-6-24-23(26-17-10-8-16(9-11-17)22(27)31-7-2)25-13-12-19-20(29-4)14-18(28-3)15-21(19)30-5;/h14-17H,6-13H2,1-5H3,(H2,24,25,26);1H. The maximum absolute atomic E-state index is 11.9. The molecule has 1 aromatic rings. The number of halogens is 1. The molecule has 32 heavy (non-hydrogen) atoms. The van der Waals surface area contributed by atoms with Gasteiger partial charge in [-0.1, -0.05) is 0 Å². The van der Waals surface area contributed by atoms with Gasteiger partial charge in [0.1, 0.15) is 17.2 Å². The topological polar surface area (TPSA) is 90.4 Å². The molecule has 0 aliphatic heterocycles. The first kappa shape index (κ1) is 28.1. The Balaban J connectivity index is 0.00000512. The first-order chi connectivity index (χ1) is 15.1. The van der Waals surface area contributed by atoms with Crippen LogP contribution in [0.15, 0.2) is 17.1 Å². The molecule has 182 valence electrons. The van der Waals surface area contributed by atoms with Crippen LogP contribution in [0.5, 0.6) is 17.2 Å². The quantitative estimate of drug-likeness (QED) is 0.195. The largest absolute Gasteiger partial charge is 0.496 e. The highest BCUT2D eigenvalue weighted by Crippen LogP contribution is 2.34. The van der Waals surface area contributed by atoms with Gasteiger partial charge in [0.15, 0.2) is 5.96 Å². The SMILES string of the molecule is CCNC(=NCCc1c(OC)cc(OC)cc1OC)NC1CCC(C(=O)OCC)CC1.I. The van der Waals surface area contributed by atoms with Gasteiger partial charge in [-0.05, 0) is 46.0 Å². The maximum Gasteiger partial charge on any atom is 0.308 e. The number of hydrogen-bond donors (Lipinski definition) is 2. The summed E-state index contributed by atoms with van der Waals surface area (Å²) in [4.78, 5) is 16.7. The zero-order valence-electron chi connectivity index (χ0n) is 19.9. The van der Waals surface area contributed by atoms with Gasteiger partial charge in [0.05, 0.1) is 33.9 Å². The van der Waals surface area contributed by atoms with Gasteiger partial charge in [-0.3, -0.25) is 9.79 Å². The zero-order chi connectivity index (χ0) is 22.6. The van der Waals surface area contributed by atoms with Crippen molar-refractivity contribution in [2.45, 2.75) is 52.0 Å². The van der Waals surface area contributed by atoms with Crippen LogP contribution in [-0.4, -0.2) is 59.0 Å². The lowest BCUT2D eigenvalue weighted by Crippen LogP contribution is -2.45. The molecule has 8 nitrogen and oxygen atoms in total. The number of carbonyl (C=O) groups is 1. The third-order valence-electron chi connectivity index (χ3n) is 5.48. The molecule has 0 heterocycles. The molecule has 9 heteroatoms. The molecular formula is C23H38IN3O5. The van der Waals surface area contributed by atoms with Crippen LogP contribution in [0.25, 0.3) is 0 Å². The fraction of sp³-hybridized carbons (Fsp3) is 0.652. The smallest absolute Gasteiger partial charge is 0.308 e. The summed E-state index contributed by atoms with van der Waals surface area (Å²) in [6, 6.07) is 4.01. The monoisotopic (exact) mass is 563 g/mol. The van der Waals surface area contributed by atoms with Crippen molar-refractivity contribution in [2.75, 3.05) is 41.0 Å². The number of hydrogen-bond acceptors (Lipinski definition) is 6. The summed E-state index contributed by atoms with van der Waals surface area (Å²) >= 11 is 0. The number of esters is 1. The van der Waals surface area contributed by atoms with Crippen molar-refractivity contribution in [3.8, 4) is 17.2 Å². The van der Waals surface area contributed by atoms with E-state index in [1.165, 1.54) is 0 Å². The van der Waals surface area contributed by atoms with E-state index in [1.807, 2.05) is 26.0 Å². The van der Waals surface area contributed by atoms with Crippen molar-refractivity contribution in [3.63, 3.8) is 0 Å². The first-order valence-electron chi connectivity index (χ1n) is 11.1. The highest BCUT2D eigenvalue weighted by molar-refractivity contribution is 14.0. The van der Waals surface area contributed by atoms with Crippen LogP contribution in [0.1, 0.15) is 45.1 Å². The lowest BCUT2D eigenvalue weighted by atomic mass is 9.86. The molecule has 1 aliphatic carbocycles. The average Bonchev–Trinajstić information content (AvgIpc) is 2.79. The number of rotatable bonds is 10. The Labute approximate surface area is 208 Å². The number of guanidine groups is 1. The van der Waals surface area contributed by atoms with Gasteiger partial charge in [0.2, 0.25) is 0 Å². The van der Waals surface area contributed by atoms with Crippen LogP contribution < -0.4 is 24.8 Å². The molecule has 0 atom stereocenters. The first-order valence-corrected chi connectivity index (χ1v) is 11.1. The number of nitrogens with one attached hydrogen (secondary N) is 2. The third kappa shape index (κ3) is 8.22. The molecule has 1 saturated carbocycles. The van der Waals surface area contributed by atoms with E-state index in [-0.39, 0.29) is 35.9 Å². The molecule has 1 aliphatic rings. The van der Waals surface area contributed by atoms with Crippen molar-refractivity contribution in [1.29, 1.82) is 0 Å². The van der Waals surface area contributed by atoms with E-state index in [9.17, 15) is 4.79 Å². The second kappa shape index (κ2) is 15.0. The molecule has 1 fully saturated rings. The number of carbonyl (C=O) groups excluding carboxylic acids is 1. The lowest BCUT2D eigenvalue weighted by molar-refractivity contribution is -0.149. The number of methoxy groups -OCH3 is 3. The van der Waals surface area contributed by atoms with Crippen molar-refractivity contribution in [3.05, 3.63) is 17.7 Å². The molecule has 2 rings (SSSR count). The van der Waals surface area contributed by atoms with Gasteiger partial charge in [-0.2, -0.15) is 0 Å². The van der Waals surface area contributed by atoms with E-state index in [4.69, 9.17) is 23.9 Å². The Morgan fingerprint density at radius 3 is 2.16 bits per heavy atom. The minimum absolute atomic E-state index is 0. The van der Waals surface area contributed by atoms with Crippen LogP contribution in [-0.2, 0) is 16.0 Å². The maximum atomic E-state index is 11.9. The van der Waals surface area contributed by atoms with Gasteiger partial charge in [-0.15, -0.1) is 24.0 Å². The molecule has 1 aromatic carbocycles. The second-order valence-electron chi connectivity index (χ2n) is 7.47. The predicted octanol–water partition coefficient (Wildman–Crippen LogP) is 3.55.